The highest BCUT2D eigenvalue weighted by Gasteiger charge is 2.09. The zero-order valence-electron chi connectivity index (χ0n) is 10.3. The monoisotopic (exact) mass is 259 g/mol. The summed E-state index contributed by atoms with van der Waals surface area (Å²) in [6.45, 7) is 3.15. The molecule has 1 N–H and O–H groups in total. The molecule has 5 heteroatoms. The SMILES string of the molecule is CCOc1ccc(C(=O)O)cc1CN(C)C.Cl. The van der Waals surface area contributed by atoms with E-state index in [-0.39, 0.29) is 12.4 Å². The van der Waals surface area contributed by atoms with Gasteiger partial charge in [0.25, 0.3) is 0 Å². The number of carboxylic acids is 1. The summed E-state index contributed by atoms with van der Waals surface area (Å²) in [6.07, 6.45) is 0. The molecule has 0 atom stereocenters. The molecule has 0 bridgehead atoms. The average Bonchev–Trinajstić information content (AvgIpc) is 2.19. The van der Waals surface area contributed by atoms with E-state index in [1.807, 2.05) is 25.9 Å². The normalized spacial score (nSPS) is 9.88. The highest BCUT2D eigenvalue weighted by molar-refractivity contribution is 5.88. The van der Waals surface area contributed by atoms with Crippen LogP contribution in [0, 0.1) is 0 Å². The average molecular weight is 260 g/mol. The van der Waals surface area contributed by atoms with Crippen LogP contribution in [0.1, 0.15) is 22.8 Å². The summed E-state index contributed by atoms with van der Waals surface area (Å²) >= 11 is 0. The van der Waals surface area contributed by atoms with Crippen LogP contribution in [0.2, 0.25) is 0 Å². The Bertz CT molecular complexity index is 380. The smallest absolute Gasteiger partial charge is 0.335 e. The van der Waals surface area contributed by atoms with Gasteiger partial charge in [-0.25, -0.2) is 4.79 Å². The zero-order valence-corrected chi connectivity index (χ0v) is 11.1. The Labute approximate surface area is 108 Å². The molecule has 0 fully saturated rings. The maximum Gasteiger partial charge on any atom is 0.335 e. The van der Waals surface area contributed by atoms with E-state index >= 15 is 0 Å². The van der Waals surface area contributed by atoms with Gasteiger partial charge in [0.1, 0.15) is 5.75 Å². The highest BCUT2D eigenvalue weighted by atomic mass is 35.5. The second-order valence-electron chi connectivity index (χ2n) is 3.80. The lowest BCUT2D eigenvalue weighted by atomic mass is 10.1. The summed E-state index contributed by atoms with van der Waals surface area (Å²) in [7, 11) is 3.87. The molecule has 0 spiro atoms. The van der Waals surface area contributed by atoms with Crippen LogP contribution in [0.4, 0.5) is 0 Å². The van der Waals surface area contributed by atoms with Crippen molar-refractivity contribution in [3.05, 3.63) is 29.3 Å². The molecule has 0 saturated heterocycles. The fourth-order valence-electron chi connectivity index (χ4n) is 1.47. The lowest BCUT2D eigenvalue weighted by Crippen LogP contribution is -2.13. The minimum absolute atomic E-state index is 0. The number of hydrogen-bond acceptors (Lipinski definition) is 3. The molecule has 0 aliphatic rings. The number of carboxylic acid groups (broad SMARTS) is 1. The van der Waals surface area contributed by atoms with Gasteiger partial charge in [0, 0.05) is 12.1 Å². The molecule has 1 aromatic carbocycles. The molecule has 0 aliphatic carbocycles. The summed E-state index contributed by atoms with van der Waals surface area (Å²) < 4.78 is 5.45. The first kappa shape index (κ1) is 15.7. The van der Waals surface area contributed by atoms with Gasteiger partial charge in [-0.1, -0.05) is 0 Å². The number of halogens is 1. The number of rotatable bonds is 5. The van der Waals surface area contributed by atoms with Gasteiger partial charge in [-0.05, 0) is 39.2 Å². The van der Waals surface area contributed by atoms with E-state index in [9.17, 15) is 4.79 Å². The Kier molecular flexibility index (Phi) is 6.61. The van der Waals surface area contributed by atoms with Crippen molar-refractivity contribution in [1.82, 2.24) is 4.90 Å². The fourth-order valence-corrected chi connectivity index (χ4v) is 1.47. The molecule has 96 valence electrons. The van der Waals surface area contributed by atoms with Gasteiger partial charge in [0.2, 0.25) is 0 Å². The van der Waals surface area contributed by atoms with Crippen LogP contribution in [0.3, 0.4) is 0 Å². The van der Waals surface area contributed by atoms with E-state index in [1.165, 1.54) is 0 Å². The van der Waals surface area contributed by atoms with Crippen molar-refractivity contribution in [3.63, 3.8) is 0 Å². The molecule has 0 radical (unpaired) electrons. The Morgan fingerprint density at radius 1 is 1.41 bits per heavy atom. The van der Waals surface area contributed by atoms with E-state index in [0.717, 1.165) is 11.3 Å². The molecule has 0 aromatic heterocycles. The van der Waals surface area contributed by atoms with Crippen molar-refractivity contribution in [2.75, 3.05) is 20.7 Å². The van der Waals surface area contributed by atoms with E-state index in [1.54, 1.807) is 18.2 Å². The van der Waals surface area contributed by atoms with Gasteiger partial charge in [-0.15, -0.1) is 12.4 Å². The fraction of sp³-hybridized carbons (Fsp3) is 0.417. The van der Waals surface area contributed by atoms with Crippen LogP contribution in [-0.2, 0) is 6.54 Å². The second-order valence-corrected chi connectivity index (χ2v) is 3.80. The largest absolute Gasteiger partial charge is 0.494 e. The highest BCUT2D eigenvalue weighted by Crippen LogP contribution is 2.21. The zero-order chi connectivity index (χ0) is 12.1. The third-order valence-corrected chi connectivity index (χ3v) is 2.09. The van der Waals surface area contributed by atoms with E-state index in [0.29, 0.717) is 18.7 Å². The minimum atomic E-state index is -0.914. The van der Waals surface area contributed by atoms with Crippen molar-refractivity contribution < 1.29 is 14.6 Å². The number of carbonyl (C=O) groups is 1. The molecule has 0 aliphatic heterocycles. The number of aromatic carboxylic acids is 1. The van der Waals surface area contributed by atoms with Gasteiger partial charge in [0.05, 0.1) is 12.2 Å². The van der Waals surface area contributed by atoms with E-state index < -0.39 is 5.97 Å². The van der Waals surface area contributed by atoms with Gasteiger partial charge < -0.3 is 14.7 Å². The molecule has 1 rings (SSSR count). The standard InChI is InChI=1S/C12H17NO3.ClH/c1-4-16-11-6-5-9(12(14)15)7-10(11)8-13(2)3;/h5-7H,4,8H2,1-3H3,(H,14,15);1H. The van der Waals surface area contributed by atoms with Gasteiger partial charge in [0.15, 0.2) is 0 Å². The summed E-state index contributed by atoms with van der Waals surface area (Å²) in [5.41, 5.74) is 1.19. The van der Waals surface area contributed by atoms with Crippen LogP contribution in [0.5, 0.6) is 5.75 Å². The molecule has 1 aromatic rings. The van der Waals surface area contributed by atoms with Gasteiger partial charge in [-0.2, -0.15) is 0 Å². The molecule has 0 saturated carbocycles. The minimum Gasteiger partial charge on any atom is -0.494 e. The first-order chi connectivity index (χ1) is 7.54. The maximum atomic E-state index is 10.9. The van der Waals surface area contributed by atoms with Gasteiger partial charge >= 0.3 is 5.97 Å². The quantitative estimate of drug-likeness (QED) is 0.881. The second kappa shape index (κ2) is 7.14. The van der Waals surface area contributed by atoms with Crippen molar-refractivity contribution in [3.8, 4) is 5.75 Å². The third-order valence-electron chi connectivity index (χ3n) is 2.09. The first-order valence-electron chi connectivity index (χ1n) is 5.18. The number of hydrogen-bond donors (Lipinski definition) is 1. The number of ether oxygens (including phenoxy) is 1. The van der Waals surface area contributed by atoms with Crippen molar-refractivity contribution in [1.29, 1.82) is 0 Å². The third kappa shape index (κ3) is 4.63. The molecule has 0 amide bonds. The topological polar surface area (TPSA) is 49.8 Å². The number of nitrogens with zero attached hydrogens (tertiary/aromatic N) is 1. The van der Waals surface area contributed by atoms with Crippen LogP contribution in [0.25, 0.3) is 0 Å². The van der Waals surface area contributed by atoms with E-state index in [4.69, 9.17) is 9.84 Å². The molecular formula is C12H18ClNO3. The Hall–Kier alpha value is -1.26. The molecule has 4 nitrogen and oxygen atoms in total. The van der Waals surface area contributed by atoms with Crippen molar-refractivity contribution in [2.24, 2.45) is 0 Å². The van der Waals surface area contributed by atoms with Crippen molar-refractivity contribution >= 4 is 18.4 Å². The van der Waals surface area contributed by atoms with Crippen LogP contribution in [-0.4, -0.2) is 36.7 Å². The summed E-state index contributed by atoms with van der Waals surface area (Å²) in [5, 5.41) is 8.91. The summed E-state index contributed by atoms with van der Waals surface area (Å²) in [5.74, 6) is -0.163. The predicted molar refractivity (Wildman–Crippen MR) is 69.2 cm³/mol. The number of benzene rings is 1. The lowest BCUT2D eigenvalue weighted by Gasteiger charge is -2.14. The van der Waals surface area contributed by atoms with E-state index in [2.05, 4.69) is 0 Å². The Morgan fingerprint density at radius 3 is 2.53 bits per heavy atom. The summed E-state index contributed by atoms with van der Waals surface area (Å²) in [4.78, 5) is 12.8. The van der Waals surface area contributed by atoms with Crippen LogP contribution in [0.15, 0.2) is 18.2 Å². The lowest BCUT2D eigenvalue weighted by molar-refractivity contribution is 0.0696. The Morgan fingerprint density at radius 2 is 2.06 bits per heavy atom. The summed E-state index contributed by atoms with van der Waals surface area (Å²) in [6, 6.07) is 4.94. The predicted octanol–water partition coefficient (Wildman–Crippen LogP) is 2.27. The molecule has 0 heterocycles. The van der Waals surface area contributed by atoms with Crippen LogP contribution >= 0.6 is 12.4 Å². The molecule has 17 heavy (non-hydrogen) atoms. The van der Waals surface area contributed by atoms with Crippen LogP contribution < -0.4 is 4.74 Å². The molecular weight excluding hydrogens is 242 g/mol. The van der Waals surface area contributed by atoms with Crippen molar-refractivity contribution in [2.45, 2.75) is 13.5 Å². The van der Waals surface area contributed by atoms with Gasteiger partial charge in [-0.3, -0.25) is 0 Å². The maximum absolute atomic E-state index is 10.9. The Balaban J connectivity index is 0.00000256. The first-order valence-corrected chi connectivity index (χ1v) is 5.18. The molecule has 0 unspecified atom stereocenters.